The molecule has 2 aromatic rings. The predicted octanol–water partition coefficient (Wildman–Crippen LogP) is 1.99. The molecule has 0 spiro atoms. The number of likely N-dealkylation sites (tertiary alicyclic amines) is 1. The molecular weight excluding hydrogens is 248 g/mol. The molecule has 4 heteroatoms. The van der Waals surface area contributed by atoms with E-state index in [9.17, 15) is 5.26 Å². The Labute approximate surface area is 119 Å². The number of aromatic nitrogens is 1. The van der Waals surface area contributed by atoms with Crippen LogP contribution < -0.4 is 5.32 Å². The third kappa shape index (κ3) is 2.31. The first-order valence-corrected chi connectivity index (χ1v) is 7.21. The average Bonchev–Trinajstić information content (AvgIpc) is 3.03. The van der Waals surface area contributed by atoms with Crippen molar-refractivity contribution in [3.8, 4) is 6.07 Å². The van der Waals surface area contributed by atoms with Crippen molar-refractivity contribution < 1.29 is 0 Å². The number of rotatable bonds is 4. The number of nitrogens with one attached hydrogen (secondary N) is 1. The molecule has 1 aliphatic rings. The largest absolute Gasteiger partial charge is 0.322 e. The maximum absolute atomic E-state index is 9.45. The summed E-state index contributed by atoms with van der Waals surface area (Å²) >= 11 is 0. The lowest BCUT2D eigenvalue weighted by molar-refractivity contribution is 0.242. The van der Waals surface area contributed by atoms with E-state index in [0.717, 1.165) is 36.3 Å². The Kier molecular flexibility index (Phi) is 3.72. The molecule has 0 saturated carbocycles. The van der Waals surface area contributed by atoms with E-state index < -0.39 is 0 Å². The number of nitriles is 1. The van der Waals surface area contributed by atoms with Gasteiger partial charge in [-0.1, -0.05) is 6.07 Å². The molecule has 4 nitrogen and oxygen atoms in total. The Morgan fingerprint density at radius 2 is 2.35 bits per heavy atom. The predicted molar refractivity (Wildman–Crippen MR) is 79.5 cm³/mol. The highest BCUT2D eigenvalue weighted by atomic mass is 15.2. The van der Waals surface area contributed by atoms with Gasteiger partial charge >= 0.3 is 0 Å². The zero-order valence-corrected chi connectivity index (χ0v) is 11.8. The molecule has 0 radical (unpaired) electrons. The van der Waals surface area contributed by atoms with Crippen LogP contribution in [0.15, 0.2) is 30.6 Å². The monoisotopic (exact) mass is 268 g/mol. The standard InChI is InChI=1S/C16H20N4/c1-18-10-14-5-4-8-19(14)11-13-12-20-7-3-2-6-16(20)15(13)9-17/h2-3,6-7,12,14,18H,4-5,8,10-11H2,1H3. The van der Waals surface area contributed by atoms with Gasteiger partial charge in [0.25, 0.3) is 0 Å². The van der Waals surface area contributed by atoms with Gasteiger partial charge in [-0.05, 0) is 38.6 Å². The smallest absolute Gasteiger partial charge is 0.102 e. The van der Waals surface area contributed by atoms with E-state index in [4.69, 9.17) is 0 Å². The van der Waals surface area contributed by atoms with E-state index in [0.29, 0.717) is 6.04 Å². The van der Waals surface area contributed by atoms with Gasteiger partial charge in [0.05, 0.1) is 11.1 Å². The maximum Gasteiger partial charge on any atom is 0.102 e. The summed E-state index contributed by atoms with van der Waals surface area (Å²) in [7, 11) is 2.00. The van der Waals surface area contributed by atoms with Crippen LogP contribution in [0.1, 0.15) is 24.0 Å². The molecule has 0 aliphatic carbocycles. The molecule has 104 valence electrons. The van der Waals surface area contributed by atoms with Crippen LogP contribution in [0.4, 0.5) is 0 Å². The van der Waals surface area contributed by atoms with E-state index in [1.807, 2.05) is 31.4 Å². The van der Waals surface area contributed by atoms with Crippen molar-refractivity contribution in [2.45, 2.75) is 25.4 Å². The molecule has 1 saturated heterocycles. The second-order valence-electron chi connectivity index (χ2n) is 5.46. The van der Waals surface area contributed by atoms with Gasteiger partial charge in [-0.15, -0.1) is 0 Å². The molecule has 1 aliphatic heterocycles. The summed E-state index contributed by atoms with van der Waals surface area (Å²) in [6.07, 6.45) is 6.61. The molecule has 2 aromatic heterocycles. The fourth-order valence-corrected chi connectivity index (χ4v) is 3.22. The zero-order valence-electron chi connectivity index (χ0n) is 11.8. The summed E-state index contributed by atoms with van der Waals surface area (Å²) in [4.78, 5) is 2.49. The molecule has 1 atom stereocenters. The van der Waals surface area contributed by atoms with E-state index in [-0.39, 0.29) is 0 Å². The lowest BCUT2D eigenvalue weighted by Crippen LogP contribution is -2.36. The van der Waals surface area contributed by atoms with Crippen molar-refractivity contribution in [1.82, 2.24) is 14.6 Å². The number of likely N-dealkylation sites (N-methyl/N-ethyl adjacent to an activating group) is 1. The first-order valence-electron chi connectivity index (χ1n) is 7.21. The molecule has 1 N–H and O–H groups in total. The molecule has 0 bridgehead atoms. The molecule has 0 amide bonds. The van der Waals surface area contributed by atoms with Gasteiger partial charge in [0, 0.05) is 37.1 Å². The minimum atomic E-state index is 0.592. The highest BCUT2D eigenvalue weighted by molar-refractivity contribution is 5.65. The normalized spacial score (nSPS) is 19.5. The zero-order chi connectivity index (χ0) is 13.9. The first kappa shape index (κ1) is 13.2. The molecule has 1 unspecified atom stereocenters. The highest BCUT2D eigenvalue weighted by Crippen LogP contribution is 2.24. The first-order chi connectivity index (χ1) is 9.83. The number of hydrogen-bond acceptors (Lipinski definition) is 3. The molecular formula is C16H20N4. The molecule has 0 aromatic carbocycles. The summed E-state index contributed by atoms with van der Waals surface area (Å²) in [6.45, 7) is 3.02. The van der Waals surface area contributed by atoms with E-state index in [1.54, 1.807) is 0 Å². The molecule has 20 heavy (non-hydrogen) atoms. The van der Waals surface area contributed by atoms with Crippen molar-refractivity contribution in [1.29, 1.82) is 5.26 Å². The average molecular weight is 268 g/mol. The van der Waals surface area contributed by atoms with Crippen molar-refractivity contribution in [2.24, 2.45) is 0 Å². The quantitative estimate of drug-likeness (QED) is 0.922. The summed E-state index contributed by atoms with van der Waals surface area (Å²) in [5.41, 5.74) is 2.97. The second-order valence-corrected chi connectivity index (χ2v) is 5.46. The van der Waals surface area contributed by atoms with E-state index in [2.05, 4.69) is 26.9 Å². The fourth-order valence-electron chi connectivity index (χ4n) is 3.22. The molecule has 3 heterocycles. The summed E-state index contributed by atoms with van der Waals surface area (Å²) in [5, 5.41) is 12.7. The third-order valence-electron chi connectivity index (χ3n) is 4.19. The van der Waals surface area contributed by atoms with Crippen molar-refractivity contribution in [3.63, 3.8) is 0 Å². The van der Waals surface area contributed by atoms with Crippen LogP contribution >= 0.6 is 0 Å². The number of hydrogen-bond donors (Lipinski definition) is 1. The number of nitrogens with zero attached hydrogens (tertiary/aromatic N) is 3. The lowest BCUT2D eigenvalue weighted by Gasteiger charge is -2.23. The fraction of sp³-hybridized carbons (Fsp3) is 0.438. The van der Waals surface area contributed by atoms with Crippen LogP contribution in [0.5, 0.6) is 0 Å². The van der Waals surface area contributed by atoms with Crippen LogP contribution in [0.25, 0.3) is 5.52 Å². The minimum Gasteiger partial charge on any atom is -0.322 e. The Morgan fingerprint density at radius 1 is 1.45 bits per heavy atom. The van der Waals surface area contributed by atoms with Gasteiger partial charge in [-0.25, -0.2) is 0 Å². The summed E-state index contributed by atoms with van der Waals surface area (Å²) in [5.74, 6) is 0. The molecule has 1 fully saturated rings. The Hall–Kier alpha value is -1.83. The second kappa shape index (κ2) is 5.66. The third-order valence-corrected chi connectivity index (χ3v) is 4.19. The van der Waals surface area contributed by atoms with Crippen molar-refractivity contribution >= 4 is 5.52 Å². The van der Waals surface area contributed by atoms with E-state index >= 15 is 0 Å². The lowest BCUT2D eigenvalue weighted by atomic mass is 10.1. The van der Waals surface area contributed by atoms with Gasteiger partial charge in [0.2, 0.25) is 0 Å². The van der Waals surface area contributed by atoms with Crippen molar-refractivity contribution in [3.05, 3.63) is 41.7 Å². The van der Waals surface area contributed by atoms with Crippen LogP contribution in [0.3, 0.4) is 0 Å². The Bertz CT molecular complexity index is 637. The summed E-state index contributed by atoms with van der Waals surface area (Å²) < 4.78 is 2.05. The van der Waals surface area contributed by atoms with Crippen LogP contribution in [-0.2, 0) is 6.54 Å². The Morgan fingerprint density at radius 3 is 3.15 bits per heavy atom. The topological polar surface area (TPSA) is 43.5 Å². The highest BCUT2D eigenvalue weighted by Gasteiger charge is 2.25. The van der Waals surface area contributed by atoms with E-state index in [1.165, 1.54) is 12.8 Å². The SMILES string of the molecule is CNCC1CCCN1Cc1cn2ccccc2c1C#N. The minimum absolute atomic E-state index is 0.592. The molecule has 3 rings (SSSR count). The number of pyridine rings is 1. The van der Waals surface area contributed by atoms with Gasteiger partial charge in [-0.3, -0.25) is 4.90 Å². The number of fused-ring (bicyclic) bond motifs is 1. The van der Waals surface area contributed by atoms with Crippen LogP contribution in [-0.4, -0.2) is 35.5 Å². The Balaban J connectivity index is 1.89. The summed E-state index contributed by atoms with van der Waals surface area (Å²) in [6, 6.07) is 8.96. The maximum atomic E-state index is 9.45. The van der Waals surface area contributed by atoms with Gasteiger partial charge in [0.15, 0.2) is 0 Å². The van der Waals surface area contributed by atoms with Crippen LogP contribution in [0.2, 0.25) is 0 Å². The van der Waals surface area contributed by atoms with Gasteiger partial charge in [0.1, 0.15) is 6.07 Å². The van der Waals surface area contributed by atoms with Crippen LogP contribution in [0, 0.1) is 11.3 Å². The van der Waals surface area contributed by atoms with Gasteiger partial charge in [-0.2, -0.15) is 5.26 Å². The van der Waals surface area contributed by atoms with Gasteiger partial charge < -0.3 is 9.72 Å². The van der Waals surface area contributed by atoms with Crippen molar-refractivity contribution in [2.75, 3.05) is 20.1 Å².